The van der Waals surface area contributed by atoms with Gasteiger partial charge >= 0.3 is 0 Å². The summed E-state index contributed by atoms with van der Waals surface area (Å²) in [4.78, 5) is 8.64. The second kappa shape index (κ2) is 8.56. The number of sulfonamides is 1. The van der Waals surface area contributed by atoms with Gasteiger partial charge in [0, 0.05) is 11.8 Å². The molecule has 11 heteroatoms. The highest BCUT2D eigenvalue weighted by Gasteiger charge is 2.31. The highest BCUT2D eigenvalue weighted by molar-refractivity contribution is 7.92. The van der Waals surface area contributed by atoms with E-state index >= 15 is 0 Å². The van der Waals surface area contributed by atoms with Crippen LogP contribution < -0.4 is 20.1 Å². The molecule has 1 saturated heterocycles. The van der Waals surface area contributed by atoms with Gasteiger partial charge in [0.05, 0.1) is 29.8 Å². The number of nitrogens with one attached hydrogen (secondary N) is 1. The number of hydrogen-bond acceptors (Lipinski definition) is 8. The fraction of sp³-hybridized carbons (Fsp3) is 0.389. The molecule has 2 heterocycles. The Balaban J connectivity index is 1.99. The maximum atomic E-state index is 13.7. The third kappa shape index (κ3) is 4.62. The molecule has 0 saturated carbocycles. The molecule has 0 amide bonds. The van der Waals surface area contributed by atoms with E-state index in [4.69, 9.17) is 22.7 Å². The lowest BCUT2D eigenvalue weighted by Crippen LogP contribution is -2.46. The molecule has 1 aliphatic heterocycles. The Morgan fingerprint density at radius 1 is 1.34 bits per heavy atom. The first-order chi connectivity index (χ1) is 13.7. The van der Waals surface area contributed by atoms with Gasteiger partial charge in [-0.1, -0.05) is 12.2 Å². The maximum Gasteiger partial charge on any atom is 0.241 e. The summed E-state index contributed by atoms with van der Waals surface area (Å²) in [6.45, 7) is 1.40. The van der Waals surface area contributed by atoms with E-state index in [-0.39, 0.29) is 22.7 Å². The number of aromatic nitrogens is 2. The van der Waals surface area contributed by atoms with E-state index in [9.17, 15) is 12.8 Å². The first-order valence-electron chi connectivity index (χ1n) is 8.93. The van der Waals surface area contributed by atoms with Crippen LogP contribution in [0.5, 0.6) is 5.75 Å². The average Bonchev–Trinajstić information content (AvgIpc) is 2.67. The molecule has 0 atom stereocenters. The van der Waals surface area contributed by atoms with Crippen LogP contribution in [-0.2, 0) is 10.0 Å². The summed E-state index contributed by atoms with van der Waals surface area (Å²) in [6.07, 6.45) is 3.75. The molecule has 1 aromatic carbocycles. The molecule has 1 aliphatic rings. The van der Waals surface area contributed by atoms with Crippen molar-refractivity contribution in [3.8, 4) is 5.75 Å². The van der Waals surface area contributed by atoms with Crippen LogP contribution in [0, 0.1) is 5.82 Å². The smallest absolute Gasteiger partial charge is 0.241 e. The molecule has 1 fully saturated rings. The van der Waals surface area contributed by atoms with Crippen LogP contribution in [0.15, 0.2) is 24.4 Å². The zero-order chi connectivity index (χ0) is 21.2. The molecule has 8 nitrogen and oxygen atoms in total. The summed E-state index contributed by atoms with van der Waals surface area (Å²) in [5.74, 6) is -0.0932. The normalized spacial score (nSPS) is 15.1. The van der Waals surface area contributed by atoms with E-state index < -0.39 is 15.8 Å². The van der Waals surface area contributed by atoms with Crippen LogP contribution in [0.2, 0.25) is 0 Å². The van der Waals surface area contributed by atoms with Crippen molar-refractivity contribution >= 4 is 38.9 Å². The lowest BCUT2D eigenvalue weighted by atomic mass is 10.1. The quantitative estimate of drug-likeness (QED) is 0.515. The molecular weight excluding hydrogens is 417 g/mol. The Kier molecular flexibility index (Phi) is 6.30. The predicted octanol–water partition coefficient (Wildman–Crippen LogP) is 1.49. The summed E-state index contributed by atoms with van der Waals surface area (Å²) >= 11 is 5.45. The van der Waals surface area contributed by atoms with Crippen molar-refractivity contribution in [2.75, 3.05) is 36.5 Å². The number of methoxy groups -OCH3 is 1. The first kappa shape index (κ1) is 21.3. The van der Waals surface area contributed by atoms with Gasteiger partial charge in [-0.3, -0.25) is 0 Å². The minimum Gasteiger partial charge on any atom is -0.496 e. The molecule has 3 N–H and O–H groups in total. The summed E-state index contributed by atoms with van der Waals surface area (Å²) in [5.41, 5.74) is 6.73. The van der Waals surface area contributed by atoms with Crippen LogP contribution in [0.25, 0.3) is 0 Å². The van der Waals surface area contributed by atoms with Gasteiger partial charge in [0.2, 0.25) is 16.0 Å². The van der Waals surface area contributed by atoms with Gasteiger partial charge in [-0.25, -0.2) is 22.1 Å². The van der Waals surface area contributed by atoms with E-state index in [0.717, 1.165) is 6.26 Å². The summed E-state index contributed by atoms with van der Waals surface area (Å²) in [6, 6.07) is 3.71. The minimum absolute atomic E-state index is 0.00495. The number of thiocarbonyl (C=S) groups is 1. The Bertz CT molecular complexity index is 1030. The van der Waals surface area contributed by atoms with Crippen molar-refractivity contribution in [2.24, 2.45) is 0 Å². The molecule has 29 heavy (non-hydrogen) atoms. The second-order valence-electron chi connectivity index (χ2n) is 6.68. The number of nitrogens with two attached hydrogens (primary N) is 1. The summed E-state index contributed by atoms with van der Waals surface area (Å²) < 4.78 is 45.0. The highest BCUT2D eigenvalue weighted by Crippen LogP contribution is 2.27. The van der Waals surface area contributed by atoms with Crippen molar-refractivity contribution in [3.63, 3.8) is 0 Å². The van der Waals surface area contributed by atoms with Gasteiger partial charge < -0.3 is 15.8 Å². The average molecular weight is 440 g/mol. The van der Waals surface area contributed by atoms with Crippen molar-refractivity contribution in [1.29, 1.82) is 0 Å². The van der Waals surface area contributed by atoms with Crippen LogP contribution in [0.4, 0.5) is 16.2 Å². The molecular formula is C18H22FN5O3S2. The zero-order valence-electron chi connectivity index (χ0n) is 16.1. The van der Waals surface area contributed by atoms with Gasteiger partial charge in [-0.2, -0.15) is 4.98 Å². The number of nitrogens with zero attached hydrogens (tertiary/aromatic N) is 3. The van der Waals surface area contributed by atoms with Crippen molar-refractivity contribution in [3.05, 3.63) is 41.3 Å². The molecule has 1 aromatic heterocycles. The van der Waals surface area contributed by atoms with Gasteiger partial charge in [0.1, 0.15) is 17.4 Å². The van der Waals surface area contributed by atoms with Gasteiger partial charge in [-0.05, 0) is 44.1 Å². The SMILES string of the molecule is COc1ccc(F)cc1C(=S)c1cnc(N(C2CCNCC2)S(C)(=O)=O)nc1N. The fourth-order valence-electron chi connectivity index (χ4n) is 3.29. The van der Waals surface area contributed by atoms with E-state index in [1.54, 1.807) is 0 Å². The number of benzene rings is 1. The molecule has 3 rings (SSSR count). The predicted molar refractivity (Wildman–Crippen MR) is 113 cm³/mol. The summed E-state index contributed by atoms with van der Waals surface area (Å²) in [5, 5.41) is 3.19. The number of ether oxygens (including phenoxy) is 1. The Morgan fingerprint density at radius 3 is 2.62 bits per heavy atom. The van der Waals surface area contributed by atoms with E-state index in [1.165, 1.54) is 35.8 Å². The van der Waals surface area contributed by atoms with Gasteiger partial charge in [-0.15, -0.1) is 0 Å². The standard InChI is InChI=1S/C18H22FN5O3S2/c1-27-15-4-3-11(19)9-13(15)16(28)14-10-22-18(23-17(14)20)24(29(2,25)26)12-5-7-21-8-6-12/h3-4,9-10,12,21H,5-8H2,1-2H3,(H2,20,22,23). The van der Waals surface area contributed by atoms with E-state index in [2.05, 4.69) is 15.3 Å². The second-order valence-corrected chi connectivity index (χ2v) is 8.95. The molecule has 0 spiro atoms. The third-order valence-electron chi connectivity index (χ3n) is 4.65. The lowest BCUT2D eigenvalue weighted by molar-refractivity contribution is 0.413. The van der Waals surface area contributed by atoms with Crippen LogP contribution >= 0.6 is 12.2 Å². The lowest BCUT2D eigenvalue weighted by Gasteiger charge is -2.32. The van der Waals surface area contributed by atoms with Crippen LogP contribution in [0.3, 0.4) is 0 Å². The minimum atomic E-state index is -3.61. The summed E-state index contributed by atoms with van der Waals surface area (Å²) in [7, 11) is -2.16. The van der Waals surface area contributed by atoms with Crippen molar-refractivity contribution in [1.82, 2.24) is 15.3 Å². The number of nitrogen functional groups attached to an aromatic ring is 1. The molecule has 0 radical (unpaired) electrons. The molecule has 0 unspecified atom stereocenters. The Morgan fingerprint density at radius 2 is 2.03 bits per heavy atom. The number of anilines is 2. The first-order valence-corrected chi connectivity index (χ1v) is 11.2. The maximum absolute atomic E-state index is 13.7. The number of rotatable bonds is 6. The van der Waals surface area contributed by atoms with Crippen LogP contribution in [-0.4, -0.2) is 55.7 Å². The topological polar surface area (TPSA) is 110 Å². The Labute approximate surface area is 174 Å². The molecule has 0 aliphatic carbocycles. The number of piperidine rings is 1. The van der Waals surface area contributed by atoms with E-state index in [0.29, 0.717) is 42.8 Å². The van der Waals surface area contributed by atoms with Gasteiger partial charge in [0.25, 0.3) is 0 Å². The molecule has 2 aromatic rings. The van der Waals surface area contributed by atoms with Crippen LogP contribution in [0.1, 0.15) is 24.0 Å². The van der Waals surface area contributed by atoms with E-state index in [1.807, 2.05) is 0 Å². The third-order valence-corrected chi connectivity index (χ3v) is 6.27. The molecule has 0 bridgehead atoms. The zero-order valence-corrected chi connectivity index (χ0v) is 17.7. The largest absolute Gasteiger partial charge is 0.496 e. The number of halogens is 1. The monoisotopic (exact) mass is 439 g/mol. The number of hydrogen-bond donors (Lipinski definition) is 2. The highest BCUT2D eigenvalue weighted by atomic mass is 32.2. The fourth-order valence-corrected chi connectivity index (χ4v) is 4.75. The molecule has 156 valence electrons. The van der Waals surface area contributed by atoms with Crippen molar-refractivity contribution in [2.45, 2.75) is 18.9 Å². The Hall–Kier alpha value is -2.37. The van der Waals surface area contributed by atoms with Crippen molar-refractivity contribution < 1.29 is 17.5 Å². The van der Waals surface area contributed by atoms with Gasteiger partial charge in [0.15, 0.2) is 0 Å².